The molecule has 0 saturated carbocycles. The van der Waals surface area contributed by atoms with Crippen molar-refractivity contribution in [1.82, 2.24) is 0 Å². The first-order valence-electron chi connectivity index (χ1n) is 39.1. The van der Waals surface area contributed by atoms with Gasteiger partial charge in [-0.2, -0.15) is 0 Å². The first-order valence-corrected chi connectivity index (χ1v) is 42.1. The van der Waals surface area contributed by atoms with E-state index < -0.39 is 97.5 Å². The van der Waals surface area contributed by atoms with Crippen LogP contribution in [0.25, 0.3) is 0 Å². The first kappa shape index (κ1) is 96.9. The predicted molar refractivity (Wildman–Crippen MR) is 417 cm³/mol. The number of unbranched alkanes of at least 4 members (excludes halogenated alkanes) is 22. The number of hydrogen-bond donors (Lipinski definition) is 3. The topological polar surface area (TPSA) is 237 Å². The van der Waals surface area contributed by atoms with Gasteiger partial charge in [0.05, 0.1) is 26.4 Å². The van der Waals surface area contributed by atoms with E-state index in [0.717, 1.165) is 116 Å². The fraction of sp³-hybridized carbons (Fsp3) is 0.663. The molecular formula is C83H138O17P2. The molecule has 0 bridgehead atoms. The van der Waals surface area contributed by atoms with E-state index in [4.69, 9.17) is 37.0 Å². The number of esters is 4. The van der Waals surface area contributed by atoms with E-state index in [1.54, 1.807) is 0 Å². The van der Waals surface area contributed by atoms with Crippen LogP contribution in [0.3, 0.4) is 0 Å². The number of carbonyl (C=O) groups excluding carboxylic acids is 4. The van der Waals surface area contributed by atoms with E-state index in [0.29, 0.717) is 38.5 Å². The highest BCUT2D eigenvalue weighted by molar-refractivity contribution is 7.47. The Balaban J connectivity index is 5.43. The minimum absolute atomic E-state index is 0.0334. The van der Waals surface area contributed by atoms with Gasteiger partial charge in [-0.15, -0.1) is 0 Å². The molecule has 0 radical (unpaired) electrons. The number of ether oxygens (including phenoxy) is 4. The second kappa shape index (κ2) is 74.2. The van der Waals surface area contributed by atoms with E-state index in [-0.39, 0.29) is 25.7 Å². The Bertz CT molecular complexity index is 2510. The minimum atomic E-state index is -5.00. The Hall–Kier alpha value is -5.06. The second-order valence-electron chi connectivity index (χ2n) is 25.5. The smallest absolute Gasteiger partial charge is 0.462 e. The lowest BCUT2D eigenvalue weighted by atomic mass is 10.0. The minimum Gasteiger partial charge on any atom is -0.462 e. The Morgan fingerprint density at radius 1 is 0.284 bits per heavy atom. The fourth-order valence-corrected chi connectivity index (χ4v) is 11.6. The molecule has 0 rings (SSSR count). The number of phosphoric acid groups is 2. The molecule has 0 amide bonds. The van der Waals surface area contributed by atoms with Crippen LogP contribution in [-0.2, 0) is 65.4 Å². The lowest BCUT2D eigenvalue weighted by molar-refractivity contribution is -0.161. The number of aliphatic hydroxyl groups is 1. The molecule has 19 heteroatoms. The summed E-state index contributed by atoms with van der Waals surface area (Å²) in [5.41, 5.74) is 0. The Morgan fingerprint density at radius 3 is 0.765 bits per heavy atom. The van der Waals surface area contributed by atoms with Gasteiger partial charge in [0.1, 0.15) is 19.3 Å². The van der Waals surface area contributed by atoms with Crippen LogP contribution in [0.4, 0.5) is 0 Å². The number of aliphatic hydroxyl groups excluding tert-OH is 1. The maximum atomic E-state index is 13.1. The van der Waals surface area contributed by atoms with Crippen LogP contribution < -0.4 is 0 Å². The third-order valence-electron chi connectivity index (χ3n) is 15.9. The monoisotopic (exact) mass is 1470 g/mol. The van der Waals surface area contributed by atoms with Crippen molar-refractivity contribution in [3.05, 3.63) is 146 Å². The van der Waals surface area contributed by atoms with Crippen molar-refractivity contribution >= 4 is 39.5 Å². The zero-order chi connectivity index (χ0) is 74.6. The van der Waals surface area contributed by atoms with Crippen LogP contribution >= 0.6 is 15.6 Å². The Morgan fingerprint density at radius 2 is 0.510 bits per heavy atom. The quantitative estimate of drug-likeness (QED) is 0.0169. The molecule has 5 atom stereocenters. The van der Waals surface area contributed by atoms with Gasteiger partial charge in [0.15, 0.2) is 12.2 Å². The van der Waals surface area contributed by atoms with E-state index >= 15 is 0 Å². The van der Waals surface area contributed by atoms with Crippen LogP contribution in [0.5, 0.6) is 0 Å². The number of allylic oxidation sites excluding steroid dienone is 24. The SMILES string of the molecule is CC/C=C\C/C=C\C/C=C\C/C=C\C/C=C\C/C=C\CCC(=O)OCC(COP(=O)(O)OCC(O)COP(=O)(O)OCC(COC(=O)CC/C=C\C/C=C\C/C=C\C/C=C\C/C=C\C/C=C\CC)OC(=O)CCCCCCCCCCCCCCC)OC(=O)CCCCCCCCCCCCC. The highest BCUT2D eigenvalue weighted by atomic mass is 31.2. The maximum Gasteiger partial charge on any atom is 0.472 e. The van der Waals surface area contributed by atoms with Crippen LogP contribution in [-0.4, -0.2) is 96.7 Å². The van der Waals surface area contributed by atoms with Gasteiger partial charge >= 0.3 is 39.5 Å². The molecule has 0 fully saturated rings. The molecule has 3 N–H and O–H groups in total. The summed E-state index contributed by atoms with van der Waals surface area (Å²) in [4.78, 5) is 72.8. The van der Waals surface area contributed by atoms with E-state index in [1.807, 2.05) is 36.5 Å². The molecule has 582 valence electrons. The Labute approximate surface area is 617 Å². The molecule has 0 aliphatic carbocycles. The van der Waals surface area contributed by atoms with Gasteiger partial charge in [0.25, 0.3) is 0 Å². The molecular weight excluding hydrogens is 1330 g/mol. The number of phosphoric ester groups is 2. The molecule has 17 nitrogen and oxygen atoms in total. The molecule has 0 heterocycles. The third-order valence-corrected chi connectivity index (χ3v) is 17.8. The molecule has 0 aromatic rings. The highest BCUT2D eigenvalue weighted by Gasteiger charge is 2.30. The second-order valence-corrected chi connectivity index (χ2v) is 28.5. The van der Waals surface area contributed by atoms with Crippen molar-refractivity contribution in [3.63, 3.8) is 0 Å². The summed E-state index contributed by atoms with van der Waals surface area (Å²) >= 11 is 0. The standard InChI is InChI=1S/C83H138O17P2/c1-5-9-13-17-21-25-29-32-34-36-38-40-42-45-48-51-55-59-63-67-80(85)93-73-78(99-82(87)69-65-61-57-53-47-28-24-20-16-12-8-4)75-97-101(89,90)95-71-77(84)72-96-102(91,92)98-76-79(100-83(88)70-66-62-58-54-50-44-31-27-23-19-15-11-7-3)74-94-81(86)68-64-60-56-52-49-46-43-41-39-37-35-33-30-26-22-18-14-10-6-2/h9-10,13-14,21-22,25-26,32-35,38-41,45-46,48-49,55-56,59-60,77-79,84H,5-8,11-12,15-20,23-24,27-31,36-37,42-44,47,50-54,57-58,61-76H2,1-4H3,(H,89,90)(H,91,92)/b13-9-,14-10-,25-21-,26-22-,34-32-,35-33-,40-38-,41-39-,48-45-,49-46-,59-55-,60-56-. The van der Waals surface area contributed by atoms with Gasteiger partial charge in [0, 0.05) is 25.7 Å². The molecule has 102 heavy (non-hydrogen) atoms. The number of hydrogen-bond acceptors (Lipinski definition) is 15. The summed E-state index contributed by atoms with van der Waals surface area (Å²) in [6.45, 7) is 4.47. The number of carbonyl (C=O) groups is 4. The maximum absolute atomic E-state index is 13.1. The summed E-state index contributed by atoms with van der Waals surface area (Å²) in [6, 6.07) is 0. The van der Waals surface area contributed by atoms with Crippen molar-refractivity contribution in [2.24, 2.45) is 0 Å². The molecule has 0 aromatic heterocycles. The van der Waals surface area contributed by atoms with Gasteiger partial charge in [-0.25, -0.2) is 9.13 Å². The van der Waals surface area contributed by atoms with E-state index in [1.165, 1.54) is 89.9 Å². The fourth-order valence-electron chi connectivity index (χ4n) is 9.98. The predicted octanol–water partition coefficient (Wildman–Crippen LogP) is 22.7. The summed E-state index contributed by atoms with van der Waals surface area (Å²) in [5, 5.41) is 10.6. The molecule has 0 spiro atoms. The summed E-state index contributed by atoms with van der Waals surface area (Å²) in [5.74, 6) is -2.37. The van der Waals surface area contributed by atoms with Crippen LogP contribution in [0.1, 0.15) is 297 Å². The van der Waals surface area contributed by atoms with Crippen molar-refractivity contribution < 1.29 is 80.2 Å². The van der Waals surface area contributed by atoms with E-state index in [9.17, 15) is 43.2 Å². The van der Waals surface area contributed by atoms with Crippen molar-refractivity contribution in [2.75, 3.05) is 39.6 Å². The van der Waals surface area contributed by atoms with Gasteiger partial charge in [-0.1, -0.05) is 315 Å². The molecule has 5 unspecified atom stereocenters. The lowest BCUT2D eigenvalue weighted by Gasteiger charge is -2.21. The number of rotatable bonds is 72. The third kappa shape index (κ3) is 73.3. The molecule has 0 aliphatic heterocycles. The lowest BCUT2D eigenvalue weighted by Crippen LogP contribution is -2.30. The van der Waals surface area contributed by atoms with Crippen LogP contribution in [0.2, 0.25) is 0 Å². The Kier molecular flexibility index (Phi) is 70.5. The van der Waals surface area contributed by atoms with Crippen molar-refractivity contribution in [3.8, 4) is 0 Å². The summed E-state index contributed by atoms with van der Waals surface area (Å²) in [6.07, 6.45) is 84.4. The molecule has 0 aliphatic rings. The van der Waals surface area contributed by atoms with Gasteiger partial charge in [-0.3, -0.25) is 37.3 Å². The summed E-state index contributed by atoms with van der Waals surface area (Å²) in [7, 11) is -9.99. The molecule has 0 aromatic carbocycles. The van der Waals surface area contributed by atoms with Gasteiger partial charge in [-0.05, 0) is 103 Å². The van der Waals surface area contributed by atoms with Crippen molar-refractivity contribution in [1.29, 1.82) is 0 Å². The van der Waals surface area contributed by atoms with Gasteiger partial charge in [0.2, 0.25) is 0 Å². The largest absolute Gasteiger partial charge is 0.472 e. The first-order chi connectivity index (χ1) is 49.7. The zero-order valence-electron chi connectivity index (χ0n) is 63.5. The average molecular weight is 1470 g/mol. The van der Waals surface area contributed by atoms with Crippen LogP contribution in [0, 0.1) is 0 Å². The highest BCUT2D eigenvalue weighted by Crippen LogP contribution is 2.45. The average Bonchev–Trinajstić information content (AvgIpc) is 0.928. The molecule has 0 saturated heterocycles. The summed E-state index contributed by atoms with van der Waals surface area (Å²) < 4.78 is 68.3. The van der Waals surface area contributed by atoms with E-state index in [2.05, 4.69) is 137 Å². The van der Waals surface area contributed by atoms with Crippen molar-refractivity contribution in [2.45, 2.75) is 316 Å². The normalized spacial score (nSPS) is 14.7. The zero-order valence-corrected chi connectivity index (χ0v) is 65.3. The van der Waals surface area contributed by atoms with Crippen LogP contribution in [0.15, 0.2) is 146 Å². The van der Waals surface area contributed by atoms with Gasteiger partial charge < -0.3 is 33.8 Å².